The molecule has 2 saturated carbocycles. The summed E-state index contributed by atoms with van der Waals surface area (Å²) in [7, 11) is 0. The predicted octanol–water partition coefficient (Wildman–Crippen LogP) is 1.25. The summed E-state index contributed by atoms with van der Waals surface area (Å²) in [5, 5.41) is 0. The van der Waals surface area contributed by atoms with Gasteiger partial charge in [-0.15, -0.1) is 0 Å². The van der Waals surface area contributed by atoms with E-state index in [0.717, 1.165) is 45.6 Å². The molecule has 0 bridgehead atoms. The predicted molar refractivity (Wildman–Crippen MR) is 79.0 cm³/mol. The number of hydrogen-bond acceptors (Lipinski definition) is 5. The first-order valence-corrected chi connectivity index (χ1v) is 8.68. The second kappa shape index (κ2) is 5.78. The lowest BCUT2D eigenvalue weighted by molar-refractivity contribution is -0.203. The van der Waals surface area contributed by atoms with Gasteiger partial charge in [0.05, 0.1) is 25.9 Å². The standard InChI is InChI=1S/C16H28N2O3/c17-12-5-6-16(20-9-10-21-16)11-14(12)18-7-8-19-15-4-2-1-3-13(15)18/h12-15H,1-11,17H2. The summed E-state index contributed by atoms with van der Waals surface area (Å²) in [6.45, 7) is 3.32. The Bertz CT molecular complexity index is 371. The van der Waals surface area contributed by atoms with Gasteiger partial charge in [0.25, 0.3) is 0 Å². The molecule has 0 aromatic carbocycles. The number of morpholine rings is 1. The maximum Gasteiger partial charge on any atom is 0.170 e. The molecule has 2 saturated heterocycles. The van der Waals surface area contributed by atoms with Crippen LogP contribution in [0.15, 0.2) is 0 Å². The highest BCUT2D eigenvalue weighted by Crippen LogP contribution is 2.40. The number of nitrogens with two attached hydrogens (primary N) is 1. The minimum Gasteiger partial charge on any atom is -0.375 e. The van der Waals surface area contributed by atoms with Crippen molar-refractivity contribution in [3.8, 4) is 0 Å². The lowest BCUT2D eigenvalue weighted by atomic mass is 9.81. The first-order valence-electron chi connectivity index (χ1n) is 8.68. The van der Waals surface area contributed by atoms with Gasteiger partial charge in [-0.2, -0.15) is 0 Å². The van der Waals surface area contributed by atoms with Crippen LogP contribution in [0.5, 0.6) is 0 Å². The van der Waals surface area contributed by atoms with Crippen molar-refractivity contribution < 1.29 is 14.2 Å². The van der Waals surface area contributed by atoms with Crippen LogP contribution in [0.1, 0.15) is 44.9 Å². The smallest absolute Gasteiger partial charge is 0.170 e. The van der Waals surface area contributed by atoms with E-state index in [2.05, 4.69) is 4.90 Å². The molecule has 0 radical (unpaired) electrons. The van der Waals surface area contributed by atoms with Crippen LogP contribution in [0.3, 0.4) is 0 Å². The number of fused-ring (bicyclic) bond motifs is 1. The molecule has 0 aromatic heterocycles. The number of rotatable bonds is 1. The number of hydrogen-bond donors (Lipinski definition) is 1. The molecule has 2 aliphatic carbocycles. The minimum atomic E-state index is -0.344. The van der Waals surface area contributed by atoms with Gasteiger partial charge in [0.2, 0.25) is 0 Å². The fourth-order valence-corrected chi connectivity index (χ4v) is 4.81. The fraction of sp³-hybridized carbons (Fsp3) is 1.00. The average Bonchev–Trinajstić information content (AvgIpc) is 2.98. The van der Waals surface area contributed by atoms with Crippen LogP contribution in [0.4, 0.5) is 0 Å². The number of ether oxygens (including phenoxy) is 3. The van der Waals surface area contributed by atoms with E-state index >= 15 is 0 Å². The van der Waals surface area contributed by atoms with E-state index in [-0.39, 0.29) is 11.8 Å². The quantitative estimate of drug-likeness (QED) is 0.789. The molecular formula is C16H28N2O3. The molecule has 2 N–H and O–H groups in total. The average molecular weight is 296 g/mol. The maximum atomic E-state index is 6.49. The Labute approximate surface area is 127 Å². The molecule has 5 nitrogen and oxygen atoms in total. The van der Waals surface area contributed by atoms with Gasteiger partial charge in [0.15, 0.2) is 5.79 Å². The minimum absolute atomic E-state index is 0.240. The zero-order valence-electron chi connectivity index (χ0n) is 12.8. The van der Waals surface area contributed by atoms with Gasteiger partial charge in [0.1, 0.15) is 0 Å². The van der Waals surface area contributed by atoms with Crippen LogP contribution in [0, 0.1) is 0 Å². The first-order chi connectivity index (χ1) is 10.3. The summed E-state index contributed by atoms with van der Waals surface area (Å²) >= 11 is 0. The molecule has 2 heterocycles. The van der Waals surface area contributed by atoms with E-state index in [9.17, 15) is 0 Å². The van der Waals surface area contributed by atoms with Crippen LogP contribution in [-0.4, -0.2) is 61.3 Å². The topological polar surface area (TPSA) is 57.0 Å². The second-order valence-corrected chi connectivity index (χ2v) is 7.08. The van der Waals surface area contributed by atoms with Crippen molar-refractivity contribution in [2.24, 2.45) is 5.73 Å². The SMILES string of the molecule is NC1CCC2(CC1N1CCOC3CCCCC31)OCCO2. The van der Waals surface area contributed by atoms with E-state index in [4.69, 9.17) is 19.9 Å². The van der Waals surface area contributed by atoms with E-state index in [1.807, 2.05) is 0 Å². The van der Waals surface area contributed by atoms with E-state index in [0.29, 0.717) is 18.2 Å². The molecule has 2 aliphatic heterocycles. The van der Waals surface area contributed by atoms with Gasteiger partial charge >= 0.3 is 0 Å². The Hall–Kier alpha value is -0.200. The van der Waals surface area contributed by atoms with Crippen LogP contribution in [-0.2, 0) is 14.2 Å². The lowest BCUT2D eigenvalue weighted by Gasteiger charge is -2.52. The van der Waals surface area contributed by atoms with E-state index in [1.165, 1.54) is 25.7 Å². The van der Waals surface area contributed by atoms with Crippen LogP contribution in [0.25, 0.3) is 0 Å². The Kier molecular flexibility index (Phi) is 3.96. The van der Waals surface area contributed by atoms with Gasteiger partial charge in [-0.25, -0.2) is 0 Å². The van der Waals surface area contributed by atoms with Crippen molar-refractivity contribution in [3.05, 3.63) is 0 Å². The Morgan fingerprint density at radius 2 is 1.76 bits per heavy atom. The highest BCUT2D eigenvalue weighted by molar-refractivity contribution is 4.99. The molecule has 4 unspecified atom stereocenters. The fourth-order valence-electron chi connectivity index (χ4n) is 4.81. The Morgan fingerprint density at radius 3 is 2.62 bits per heavy atom. The molecule has 4 fully saturated rings. The van der Waals surface area contributed by atoms with Crippen molar-refractivity contribution in [1.82, 2.24) is 4.90 Å². The van der Waals surface area contributed by atoms with Gasteiger partial charge in [0, 0.05) is 37.5 Å². The second-order valence-electron chi connectivity index (χ2n) is 7.08. The lowest BCUT2D eigenvalue weighted by Crippen LogP contribution is -2.63. The van der Waals surface area contributed by atoms with Crippen molar-refractivity contribution >= 4 is 0 Å². The van der Waals surface area contributed by atoms with Crippen LogP contribution in [0.2, 0.25) is 0 Å². The van der Waals surface area contributed by atoms with Crippen LogP contribution < -0.4 is 5.73 Å². The molecule has 4 atom stereocenters. The van der Waals surface area contributed by atoms with Crippen molar-refractivity contribution in [2.45, 2.75) is 75.0 Å². The normalized spacial score (nSPS) is 43.9. The first kappa shape index (κ1) is 14.4. The molecule has 5 heteroatoms. The molecule has 120 valence electrons. The summed E-state index contributed by atoms with van der Waals surface area (Å²) < 4.78 is 17.9. The monoisotopic (exact) mass is 296 g/mol. The molecule has 4 rings (SSSR count). The van der Waals surface area contributed by atoms with Gasteiger partial charge < -0.3 is 19.9 Å². The Balaban J connectivity index is 1.52. The van der Waals surface area contributed by atoms with Crippen molar-refractivity contribution in [1.29, 1.82) is 0 Å². The summed E-state index contributed by atoms with van der Waals surface area (Å²) in [4.78, 5) is 2.64. The zero-order valence-corrected chi connectivity index (χ0v) is 12.8. The highest BCUT2D eigenvalue weighted by Gasteiger charge is 2.48. The van der Waals surface area contributed by atoms with Gasteiger partial charge in [-0.05, 0) is 19.3 Å². The maximum absolute atomic E-state index is 6.49. The Morgan fingerprint density at radius 1 is 0.952 bits per heavy atom. The van der Waals surface area contributed by atoms with E-state index in [1.54, 1.807) is 0 Å². The number of nitrogens with zero attached hydrogens (tertiary/aromatic N) is 1. The zero-order chi connectivity index (χ0) is 14.3. The van der Waals surface area contributed by atoms with Gasteiger partial charge in [-0.3, -0.25) is 4.90 Å². The largest absolute Gasteiger partial charge is 0.375 e. The highest BCUT2D eigenvalue weighted by atomic mass is 16.7. The molecule has 4 aliphatic rings. The molecular weight excluding hydrogens is 268 g/mol. The van der Waals surface area contributed by atoms with Crippen LogP contribution >= 0.6 is 0 Å². The summed E-state index contributed by atoms with van der Waals surface area (Å²) in [5.41, 5.74) is 6.49. The third kappa shape index (κ3) is 2.63. The van der Waals surface area contributed by atoms with Crippen molar-refractivity contribution in [2.75, 3.05) is 26.4 Å². The van der Waals surface area contributed by atoms with E-state index < -0.39 is 0 Å². The van der Waals surface area contributed by atoms with Gasteiger partial charge in [-0.1, -0.05) is 12.8 Å². The third-order valence-corrected chi connectivity index (χ3v) is 5.89. The molecule has 0 amide bonds. The summed E-state index contributed by atoms with van der Waals surface area (Å²) in [6, 6.07) is 1.18. The summed E-state index contributed by atoms with van der Waals surface area (Å²) in [5.74, 6) is -0.344. The molecule has 0 aromatic rings. The van der Waals surface area contributed by atoms with Crippen molar-refractivity contribution in [3.63, 3.8) is 0 Å². The summed E-state index contributed by atoms with van der Waals surface area (Å²) in [6.07, 6.45) is 8.38. The third-order valence-electron chi connectivity index (χ3n) is 5.89. The molecule has 21 heavy (non-hydrogen) atoms. The molecule has 1 spiro atoms.